The Morgan fingerprint density at radius 3 is 2.62 bits per heavy atom. The first-order chi connectivity index (χ1) is 7.74. The van der Waals surface area contributed by atoms with Gasteiger partial charge in [-0.25, -0.2) is 4.98 Å². The van der Waals surface area contributed by atoms with E-state index in [2.05, 4.69) is 20.9 Å². The van der Waals surface area contributed by atoms with E-state index in [0.29, 0.717) is 0 Å². The second-order valence-electron chi connectivity index (χ2n) is 3.04. The number of ether oxygens (including phenoxy) is 2. The summed E-state index contributed by atoms with van der Waals surface area (Å²) in [7, 11) is 3.29. The fourth-order valence-electron chi connectivity index (χ4n) is 1.36. The van der Waals surface area contributed by atoms with Crippen LogP contribution in [0, 0.1) is 0 Å². The van der Waals surface area contributed by atoms with E-state index < -0.39 is 0 Å². The molecular formula is C11H10BrNO2S. The molecule has 0 atom stereocenters. The molecule has 3 nitrogen and oxygen atoms in total. The molecule has 16 heavy (non-hydrogen) atoms. The number of hydrogen-bond donors (Lipinski definition) is 0. The summed E-state index contributed by atoms with van der Waals surface area (Å²) in [5, 5.41) is 2.84. The van der Waals surface area contributed by atoms with Gasteiger partial charge in [0.2, 0.25) is 0 Å². The highest BCUT2D eigenvalue weighted by atomic mass is 79.9. The summed E-state index contributed by atoms with van der Waals surface area (Å²) in [5.41, 5.74) is 0.942. The van der Waals surface area contributed by atoms with Gasteiger partial charge in [-0.2, -0.15) is 0 Å². The molecule has 0 bridgehead atoms. The molecule has 2 aromatic rings. The fraction of sp³-hybridized carbons (Fsp3) is 0.182. The number of halogens is 1. The van der Waals surface area contributed by atoms with Gasteiger partial charge >= 0.3 is 0 Å². The highest BCUT2D eigenvalue weighted by molar-refractivity contribution is 9.10. The molecule has 1 heterocycles. The van der Waals surface area contributed by atoms with Gasteiger partial charge in [-0.05, 0) is 34.1 Å². The molecule has 0 saturated heterocycles. The molecule has 0 aliphatic rings. The van der Waals surface area contributed by atoms with Crippen LogP contribution in [0.4, 0.5) is 0 Å². The summed E-state index contributed by atoms with van der Waals surface area (Å²) in [4.78, 5) is 4.36. The van der Waals surface area contributed by atoms with Crippen molar-refractivity contribution in [3.8, 4) is 22.1 Å². The van der Waals surface area contributed by atoms with Crippen molar-refractivity contribution in [3.63, 3.8) is 0 Å². The molecule has 5 heteroatoms. The van der Waals surface area contributed by atoms with Crippen LogP contribution in [0.25, 0.3) is 10.6 Å². The van der Waals surface area contributed by atoms with E-state index in [9.17, 15) is 0 Å². The van der Waals surface area contributed by atoms with E-state index in [4.69, 9.17) is 9.47 Å². The molecule has 0 radical (unpaired) electrons. The third-order valence-electron chi connectivity index (χ3n) is 2.11. The van der Waals surface area contributed by atoms with E-state index in [-0.39, 0.29) is 0 Å². The Morgan fingerprint density at radius 1 is 1.25 bits per heavy atom. The van der Waals surface area contributed by atoms with Crippen molar-refractivity contribution < 1.29 is 9.47 Å². The number of benzene rings is 1. The minimum absolute atomic E-state index is 0.794. The van der Waals surface area contributed by atoms with Crippen molar-refractivity contribution in [2.75, 3.05) is 14.2 Å². The summed E-state index contributed by atoms with van der Waals surface area (Å²) in [5.74, 6) is 1.59. The van der Waals surface area contributed by atoms with Crippen molar-refractivity contribution in [1.82, 2.24) is 4.98 Å². The lowest BCUT2D eigenvalue weighted by atomic mass is 10.2. The highest BCUT2D eigenvalue weighted by Gasteiger charge is 2.10. The molecule has 0 saturated carbocycles. The molecule has 0 aliphatic carbocycles. The van der Waals surface area contributed by atoms with Crippen molar-refractivity contribution in [2.24, 2.45) is 0 Å². The summed E-state index contributed by atoms with van der Waals surface area (Å²) >= 11 is 4.90. The van der Waals surface area contributed by atoms with E-state index in [1.165, 1.54) is 0 Å². The minimum Gasteiger partial charge on any atom is -0.497 e. The normalized spacial score (nSPS) is 10.2. The molecule has 1 aromatic carbocycles. The van der Waals surface area contributed by atoms with Crippen molar-refractivity contribution in [3.05, 3.63) is 28.2 Å². The maximum atomic E-state index is 5.30. The van der Waals surface area contributed by atoms with Crippen LogP contribution in [-0.4, -0.2) is 19.2 Å². The predicted molar refractivity (Wildman–Crippen MR) is 68.4 cm³/mol. The first-order valence-electron chi connectivity index (χ1n) is 4.58. The topological polar surface area (TPSA) is 31.4 Å². The van der Waals surface area contributed by atoms with Crippen molar-refractivity contribution in [1.29, 1.82) is 0 Å². The zero-order valence-electron chi connectivity index (χ0n) is 8.86. The van der Waals surface area contributed by atoms with Gasteiger partial charge in [0.25, 0.3) is 0 Å². The molecule has 0 spiro atoms. The van der Waals surface area contributed by atoms with Crippen LogP contribution in [0.3, 0.4) is 0 Å². The van der Waals surface area contributed by atoms with Crippen molar-refractivity contribution >= 4 is 27.3 Å². The van der Waals surface area contributed by atoms with Gasteiger partial charge in [-0.15, -0.1) is 11.3 Å². The average Bonchev–Trinajstić information content (AvgIpc) is 2.75. The monoisotopic (exact) mass is 299 g/mol. The van der Waals surface area contributed by atoms with Gasteiger partial charge in [0.1, 0.15) is 21.1 Å². The highest BCUT2D eigenvalue weighted by Crippen LogP contribution is 2.35. The standard InChI is InChI=1S/C11H10BrNO2S/c1-14-7-3-4-9(15-2)8(5-7)11-13-10(12)6-16-11/h3-6H,1-2H3. The molecule has 2 rings (SSSR count). The lowest BCUT2D eigenvalue weighted by molar-refractivity contribution is 0.404. The van der Waals surface area contributed by atoms with E-state index in [1.807, 2.05) is 23.6 Å². The minimum atomic E-state index is 0.794. The van der Waals surface area contributed by atoms with Gasteiger partial charge in [-0.1, -0.05) is 0 Å². The SMILES string of the molecule is COc1ccc(OC)c(-c2nc(Br)cs2)c1. The molecule has 0 amide bonds. The number of methoxy groups -OCH3 is 2. The van der Waals surface area contributed by atoms with Crippen LogP contribution >= 0.6 is 27.3 Å². The second-order valence-corrected chi connectivity index (χ2v) is 4.71. The lowest BCUT2D eigenvalue weighted by Gasteiger charge is -2.07. The van der Waals surface area contributed by atoms with Gasteiger partial charge in [-0.3, -0.25) is 0 Å². The Morgan fingerprint density at radius 2 is 2.06 bits per heavy atom. The lowest BCUT2D eigenvalue weighted by Crippen LogP contribution is -1.89. The Labute approximate surface area is 106 Å². The van der Waals surface area contributed by atoms with E-state index in [0.717, 1.165) is 26.7 Å². The molecular weight excluding hydrogens is 290 g/mol. The maximum Gasteiger partial charge on any atom is 0.129 e. The van der Waals surface area contributed by atoms with Crippen LogP contribution in [0.1, 0.15) is 0 Å². The van der Waals surface area contributed by atoms with Crippen LogP contribution in [-0.2, 0) is 0 Å². The molecule has 0 aliphatic heterocycles. The zero-order chi connectivity index (χ0) is 11.5. The predicted octanol–water partition coefficient (Wildman–Crippen LogP) is 3.59. The number of thiazole rings is 1. The molecule has 1 aromatic heterocycles. The third-order valence-corrected chi connectivity index (χ3v) is 3.70. The Hall–Kier alpha value is -1.07. The Balaban J connectivity index is 2.52. The van der Waals surface area contributed by atoms with Crippen LogP contribution in [0.5, 0.6) is 11.5 Å². The summed E-state index contributed by atoms with van der Waals surface area (Å²) in [6.07, 6.45) is 0. The number of hydrogen-bond acceptors (Lipinski definition) is 4. The summed E-state index contributed by atoms with van der Waals surface area (Å²) in [6, 6.07) is 5.67. The number of rotatable bonds is 3. The second kappa shape index (κ2) is 4.84. The quantitative estimate of drug-likeness (QED) is 0.868. The first kappa shape index (κ1) is 11.4. The van der Waals surface area contributed by atoms with Gasteiger partial charge in [0.05, 0.1) is 19.8 Å². The maximum absolute atomic E-state index is 5.30. The summed E-state index contributed by atoms with van der Waals surface area (Å²) < 4.78 is 11.3. The average molecular weight is 300 g/mol. The van der Waals surface area contributed by atoms with Gasteiger partial charge < -0.3 is 9.47 Å². The van der Waals surface area contributed by atoms with Gasteiger partial charge in [0, 0.05) is 5.38 Å². The number of aromatic nitrogens is 1. The summed E-state index contributed by atoms with van der Waals surface area (Å²) in [6.45, 7) is 0. The van der Waals surface area contributed by atoms with Crippen LogP contribution < -0.4 is 9.47 Å². The molecule has 0 unspecified atom stereocenters. The Kier molecular flexibility index (Phi) is 3.46. The van der Waals surface area contributed by atoms with E-state index >= 15 is 0 Å². The van der Waals surface area contributed by atoms with Crippen LogP contribution in [0.15, 0.2) is 28.2 Å². The zero-order valence-corrected chi connectivity index (χ0v) is 11.3. The molecule has 0 N–H and O–H groups in total. The largest absolute Gasteiger partial charge is 0.497 e. The first-order valence-corrected chi connectivity index (χ1v) is 6.25. The van der Waals surface area contributed by atoms with E-state index in [1.54, 1.807) is 25.6 Å². The van der Waals surface area contributed by atoms with Crippen molar-refractivity contribution in [2.45, 2.75) is 0 Å². The molecule has 84 valence electrons. The third kappa shape index (κ3) is 2.20. The smallest absolute Gasteiger partial charge is 0.129 e. The number of nitrogens with zero attached hydrogens (tertiary/aromatic N) is 1. The van der Waals surface area contributed by atoms with Crippen LogP contribution in [0.2, 0.25) is 0 Å². The fourth-order valence-corrected chi connectivity index (χ4v) is 2.63. The molecule has 0 fully saturated rings. The Bertz CT molecular complexity index is 498. The van der Waals surface area contributed by atoms with Gasteiger partial charge in [0.15, 0.2) is 0 Å².